The van der Waals surface area contributed by atoms with Gasteiger partial charge >= 0.3 is 5.97 Å². The van der Waals surface area contributed by atoms with Crippen LogP contribution in [0.15, 0.2) is 23.1 Å². The zero-order valence-corrected chi connectivity index (χ0v) is 13.8. The SMILES string of the molecule is CCOC(=O)c1ccc(C)c(S(=O)(=O)N2CCCNCC2)c1. The van der Waals surface area contributed by atoms with E-state index in [9.17, 15) is 13.2 Å². The molecule has 0 atom stereocenters. The van der Waals surface area contributed by atoms with Gasteiger partial charge in [0.15, 0.2) is 0 Å². The second-order valence-corrected chi connectivity index (χ2v) is 7.11. The number of carbonyl (C=O) groups is 1. The molecule has 1 aliphatic heterocycles. The minimum atomic E-state index is -3.60. The Morgan fingerprint density at radius 3 is 2.82 bits per heavy atom. The number of benzene rings is 1. The maximum absolute atomic E-state index is 12.8. The summed E-state index contributed by atoms with van der Waals surface area (Å²) in [5, 5.41) is 3.18. The van der Waals surface area contributed by atoms with Crippen LogP contribution in [0.2, 0.25) is 0 Å². The van der Waals surface area contributed by atoms with Crippen LogP contribution in [0.5, 0.6) is 0 Å². The van der Waals surface area contributed by atoms with Crippen molar-refractivity contribution in [3.63, 3.8) is 0 Å². The third-order valence-electron chi connectivity index (χ3n) is 3.62. The highest BCUT2D eigenvalue weighted by Gasteiger charge is 2.27. The fourth-order valence-corrected chi connectivity index (χ4v) is 4.15. The van der Waals surface area contributed by atoms with Crippen molar-refractivity contribution in [3.05, 3.63) is 29.3 Å². The molecule has 0 aliphatic carbocycles. The van der Waals surface area contributed by atoms with Crippen LogP contribution in [0.3, 0.4) is 0 Å². The topological polar surface area (TPSA) is 75.7 Å². The average molecular weight is 326 g/mol. The van der Waals surface area contributed by atoms with Crippen molar-refractivity contribution in [3.8, 4) is 0 Å². The minimum absolute atomic E-state index is 0.181. The molecular weight excluding hydrogens is 304 g/mol. The fourth-order valence-electron chi connectivity index (χ4n) is 2.42. The van der Waals surface area contributed by atoms with Crippen molar-refractivity contribution in [2.24, 2.45) is 0 Å². The van der Waals surface area contributed by atoms with Crippen LogP contribution in [-0.2, 0) is 14.8 Å². The van der Waals surface area contributed by atoms with Crippen molar-refractivity contribution in [2.45, 2.75) is 25.2 Å². The number of carbonyl (C=O) groups excluding carboxylic acids is 1. The van der Waals surface area contributed by atoms with Gasteiger partial charge in [0.05, 0.1) is 17.1 Å². The summed E-state index contributed by atoms with van der Waals surface area (Å²) in [6.45, 7) is 6.08. The Kier molecular flexibility index (Phi) is 5.55. The Morgan fingerprint density at radius 1 is 1.32 bits per heavy atom. The number of rotatable bonds is 4. The predicted octanol–water partition coefficient (Wildman–Crippen LogP) is 1.16. The highest BCUT2D eigenvalue weighted by Crippen LogP contribution is 2.22. The second kappa shape index (κ2) is 7.21. The number of aryl methyl sites for hydroxylation is 1. The van der Waals surface area contributed by atoms with Crippen molar-refractivity contribution in [1.82, 2.24) is 9.62 Å². The summed E-state index contributed by atoms with van der Waals surface area (Å²) in [7, 11) is -3.60. The van der Waals surface area contributed by atoms with E-state index in [1.165, 1.54) is 10.4 Å². The average Bonchev–Trinajstić information content (AvgIpc) is 2.77. The maximum atomic E-state index is 12.8. The van der Waals surface area contributed by atoms with Crippen LogP contribution in [0.4, 0.5) is 0 Å². The Morgan fingerprint density at radius 2 is 2.09 bits per heavy atom. The molecule has 122 valence electrons. The number of esters is 1. The molecule has 1 heterocycles. The molecule has 22 heavy (non-hydrogen) atoms. The van der Waals surface area contributed by atoms with Gasteiger partial charge in [-0.25, -0.2) is 13.2 Å². The molecule has 1 aromatic carbocycles. The van der Waals surface area contributed by atoms with Gasteiger partial charge in [-0.15, -0.1) is 0 Å². The molecule has 1 saturated heterocycles. The standard InChI is InChI=1S/C15H22N2O4S/c1-3-21-15(18)13-6-5-12(2)14(11-13)22(19,20)17-9-4-7-16-8-10-17/h5-6,11,16H,3-4,7-10H2,1-2H3. The number of nitrogens with zero attached hydrogens (tertiary/aromatic N) is 1. The van der Waals surface area contributed by atoms with E-state index in [1.807, 2.05) is 0 Å². The molecule has 2 rings (SSSR count). The first-order chi connectivity index (χ1) is 10.5. The van der Waals surface area contributed by atoms with E-state index in [-0.39, 0.29) is 17.1 Å². The first kappa shape index (κ1) is 16.9. The summed E-state index contributed by atoms with van der Waals surface area (Å²) in [6, 6.07) is 4.66. The lowest BCUT2D eigenvalue weighted by Gasteiger charge is -2.21. The van der Waals surface area contributed by atoms with E-state index < -0.39 is 16.0 Å². The number of sulfonamides is 1. The van der Waals surface area contributed by atoms with Crippen molar-refractivity contribution in [2.75, 3.05) is 32.8 Å². The molecular formula is C15H22N2O4S. The predicted molar refractivity (Wildman–Crippen MR) is 83.4 cm³/mol. The molecule has 1 N–H and O–H groups in total. The van der Waals surface area contributed by atoms with Gasteiger partial charge in [0.1, 0.15) is 0 Å². The van der Waals surface area contributed by atoms with E-state index in [4.69, 9.17) is 4.74 Å². The normalized spacial score (nSPS) is 17.0. The Hall–Kier alpha value is -1.44. The number of hydrogen-bond acceptors (Lipinski definition) is 5. The minimum Gasteiger partial charge on any atom is -0.462 e. The Balaban J connectivity index is 2.36. The van der Waals surface area contributed by atoms with Crippen LogP contribution in [0, 0.1) is 6.92 Å². The van der Waals surface area contributed by atoms with Crippen molar-refractivity contribution in [1.29, 1.82) is 0 Å². The molecule has 1 fully saturated rings. The molecule has 0 amide bonds. The third-order valence-corrected chi connectivity index (χ3v) is 5.66. The zero-order chi connectivity index (χ0) is 16.2. The van der Waals surface area contributed by atoms with E-state index in [2.05, 4.69) is 5.32 Å². The van der Waals surface area contributed by atoms with Gasteiger partial charge in [-0.3, -0.25) is 0 Å². The van der Waals surface area contributed by atoms with Crippen LogP contribution in [0.25, 0.3) is 0 Å². The van der Waals surface area contributed by atoms with E-state index in [0.29, 0.717) is 25.2 Å². The van der Waals surface area contributed by atoms with Crippen molar-refractivity contribution >= 4 is 16.0 Å². The smallest absolute Gasteiger partial charge is 0.338 e. The highest BCUT2D eigenvalue weighted by molar-refractivity contribution is 7.89. The van der Waals surface area contributed by atoms with Crippen LogP contribution < -0.4 is 5.32 Å². The van der Waals surface area contributed by atoms with E-state index in [0.717, 1.165) is 13.0 Å². The molecule has 0 bridgehead atoms. The van der Waals surface area contributed by atoms with Gasteiger partial charge in [-0.2, -0.15) is 4.31 Å². The van der Waals surface area contributed by atoms with Gasteiger partial charge in [0.2, 0.25) is 10.0 Å². The number of ether oxygens (including phenoxy) is 1. The Bertz CT molecular complexity index is 635. The lowest BCUT2D eigenvalue weighted by molar-refractivity contribution is 0.0526. The summed E-state index contributed by atoms with van der Waals surface area (Å²) in [6.07, 6.45) is 0.774. The lowest BCUT2D eigenvalue weighted by Crippen LogP contribution is -2.34. The van der Waals surface area contributed by atoms with Gasteiger partial charge < -0.3 is 10.1 Å². The van der Waals surface area contributed by atoms with Crippen LogP contribution in [-0.4, -0.2) is 51.5 Å². The molecule has 1 aliphatic rings. The summed E-state index contributed by atoms with van der Waals surface area (Å²) in [5.74, 6) is -0.503. The molecule has 0 aromatic heterocycles. The molecule has 0 radical (unpaired) electrons. The van der Waals surface area contributed by atoms with Gasteiger partial charge in [-0.05, 0) is 44.5 Å². The monoisotopic (exact) mass is 326 g/mol. The largest absolute Gasteiger partial charge is 0.462 e. The molecule has 7 heteroatoms. The summed E-state index contributed by atoms with van der Waals surface area (Å²) < 4.78 is 32.1. The quantitative estimate of drug-likeness (QED) is 0.840. The van der Waals surface area contributed by atoms with Crippen LogP contribution in [0.1, 0.15) is 29.3 Å². The molecule has 0 unspecified atom stereocenters. The fraction of sp³-hybridized carbons (Fsp3) is 0.533. The molecule has 1 aromatic rings. The second-order valence-electron chi connectivity index (χ2n) is 5.21. The summed E-state index contributed by atoms with van der Waals surface area (Å²) in [5.41, 5.74) is 0.893. The maximum Gasteiger partial charge on any atom is 0.338 e. The Labute approximate surface area is 131 Å². The number of hydrogen-bond donors (Lipinski definition) is 1. The number of nitrogens with one attached hydrogen (secondary N) is 1. The summed E-state index contributed by atoms with van der Waals surface area (Å²) >= 11 is 0. The van der Waals surface area contributed by atoms with E-state index in [1.54, 1.807) is 26.0 Å². The van der Waals surface area contributed by atoms with Crippen LogP contribution >= 0.6 is 0 Å². The molecule has 0 saturated carbocycles. The first-order valence-electron chi connectivity index (χ1n) is 7.45. The molecule has 0 spiro atoms. The molecule has 6 nitrogen and oxygen atoms in total. The summed E-state index contributed by atoms with van der Waals surface area (Å²) in [4.78, 5) is 12.0. The lowest BCUT2D eigenvalue weighted by atomic mass is 10.1. The highest BCUT2D eigenvalue weighted by atomic mass is 32.2. The van der Waals surface area contributed by atoms with Gasteiger partial charge in [0.25, 0.3) is 0 Å². The zero-order valence-electron chi connectivity index (χ0n) is 13.0. The first-order valence-corrected chi connectivity index (χ1v) is 8.89. The van der Waals surface area contributed by atoms with Gasteiger partial charge in [-0.1, -0.05) is 6.07 Å². The van der Waals surface area contributed by atoms with E-state index >= 15 is 0 Å². The van der Waals surface area contributed by atoms with Crippen molar-refractivity contribution < 1.29 is 17.9 Å². The third kappa shape index (κ3) is 3.66. The van der Waals surface area contributed by atoms with Gasteiger partial charge in [0, 0.05) is 19.6 Å².